The molecule has 2 fully saturated rings. The van der Waals surface area contributed by atoms with Crippen molar-refractivity contribution in [1.29, 1.82) is 0 Å². The second kappa shape index (κ2) is 10.6. The molecule has 5 nitrogen and oxygen atoms in total. The number of thiophene rings is 2. The lowest BCUT2D eigenvalue weighted by Crippen LogP contribution is -2.45. The van der Waals surface area contributed by atoms with Crippen LogP contribution >= 0.6 is 22.7 Å². The fraction of sp³-hybridized carbons (Fsp3) is 0.591. The van der Waals surface area contributed by atoms with Gasteiger partial charge in [0.2, 0.25) is 0 Å². The fourth-order valence-electron chi connectivity index (χ4n) is 4.16. The molecule has 1 N–H and O–H groups in total. The van der Waals surface area contributed by atoms with Gasteiger partial charge in [0.1, 0.15) is 0 Å². The van der Waals surface area contributed by atoms with E-state index in [4.69, 9.17) is 4.74 Å². The smallest absolute Gasteiger partial charge is 0.317 e. The maximum Gasteiger partial charge on any atom is 0.317 e. The van der Waals surface area contributed by atoms with Crippen molar-refractivity contribution in [3.05, 3.63) is 44.8 Å². The Morgan fingerprint density at radius 3 is 2.55 bits per heavy atom. The van der Waals surface area contributed by atoms with E-state index in [9.17, 15) is 4.79 Å². The molecule has 1 atom stereocenters. The molecule has 0 aromatic carbocycles. The van der Waals surface area contributed by atoms with E-state index in [0.717, 1.165) is 58.5 Å². The highest BCUT2D eigenvalue weighted by Gasteiger charge is 2.25. The van der Waals surface area contributed by atoms with Gasteiger partial charge in [-0.3, -0.25) is 4.90 Å². The molecule has 7 heteroatoms. The molecule has 4 rings (SSSR count). The van der Waals surface area contributed by atoms with Crippen molar-refractivity contribution < 1.29 is 9.53 Å². The van der Waals surface area contributed by atoms with Crippen LogP contribution in [0.25, 0.3) is 0 Å². The Morgan fingerprint density at radius 1 is 1.14 bits per heavy atom. The molecular weight excluding hydrogens is 402 g/mol. The summed E-state index contributed by atoms with van der Waals surface area (Å²) in [6.45, 7) is 6.25. The molecule has 0 spiro atoms. The first-order valence-corrected chi connectivity index (χ1v) is 12.4. The highest BCUT2D eigenvalue weighted by Crippen LogP contribution is 2.21. The maximum absolute atomic E-state index is 12.9. The molecule has 2 saturated heterocycles. The molecule has 158 valence electrons. The highest BCUT2D eigenvalue weighted by atomic mass is 32.1. The molecule has 4 heterocycles. The Balaban J connectivity index is 1.23. The van der Waals surface area contributed by atoms with Crippen LogP contribution in [0.4, 0.5) is 4.79 Å². The van der Waals surface area contributed by atoms with Crippen LogP contribution in [-0.2, 0) is 17.8 Å². The molecule has 1 unspecified atom stereocenters. The molecule has 2 aromatic rings. The molecule has 2 aromatic heterocycles. The van der Waals surface area contributed by atoms with Gasteiger partial charge in [-0.15, -0.1) is 22.7 Å². The Bertz CT molecular complexity index is 721. The minimum Gasteiger partial charge on any atom is -0.376 e. The van der Waals surface area contributed by atoms with E-state index in [1.54, 1.807) is 11.3 Å². The number of urea groups is 1. The van der Waals surface area contributed by atoms with Crippen LogP contribution in [0.1, 0.15) is 35.4 Å². The second-order valence-corrected chi connectivity index (χ2v) is 10.1. The third-order valence-electron chi connectivity index (χ3n) is 5.87. The van der Waals surface area contributed by atoms with Gasteiger partial charge < -0.3 is 15.0 Å². The number of nitrogens with one attached hydrogen (secondary N) is 1. The molecular formula is C22H31N3O2S2. The monoisotopic (exact) mass is 433 g/mol. The lowest BCUT2D eigenvalue weighted by Gasteiger charge is -2.32. The number of ether oxygens (including phenoxy) is 1. The van der Waals surface area contributed by atoms with Crippen LogP contribution in [0.15, 0.2) is 35.0 Å². The third-order valence-corrected chi connectivity index (χ3v) is 7.59. The first-order chi connectivity index (χ1) is 14.3. The number of amides is 2. The van der Waals surface area contributed by atoms with Crippen LogP contribution in [0.2, 0.25) is 0 Å². The van der Waals surface area contributed by atoms with Crippen LogP contribution in [0.5, 0.6) is 0 Å². The summed E-state index contributed by atoms with van der Waals surface area (Å²) in [6, 6.07) is 8.54. The minimum atomic E-state index is 0.0508. The summed E-state index contributed by atoms with van der Waals surface area (Å²) in [6.07, 6.45) is 4.64. The van der Waals surface area contributed by atoms with Gasteiger partial charge in [0.15, 0.2) is 0 Å². The zero-order chi connectivity index (χ0) is 19.9. The molecule has 29 heavy (non-hydrogen) atoms. The average molecular weight is 434 g/mol. The lowest BCUT2D eigenvalue weighted by molar-refractivity contribution is 0.0792. The van der Waals surface area contributed by atoms with Gasteiger partial charge in [-0.2, -0.15) is 0 Å². The third kappa shape index (κ3) is 6.28. The van der Waals surface area contributed by atoms with Crippen molar-refractivity contribution in [2.45, 2.75) is 44.9 Å². The quantitative estimate of drug-likeness (QED) is 0.671. The zero-order valence-electron chi connectivity index (χ0n) is 16.9. The van der Waals surface area contributed by atoms with Gasteiger partial charge >= 0.3 is 6.03 Å². The largest absolute Gasteiger partial charge is 0.376 e. The Morgan fingerprint density at radius 2 is 1.90 bits per heavy atom. The van der Waals surface area contributed by atoms with Crippen molar-refractivity contribution in [3.8, 4) is 0 Å². The average Bonchev–Trinajstić information content (AvgIpc) is 3.51. The summed E-state index contributed by atoms with van der Waals surface area (Å²) >= 11 is 3.54. The fourth-order valence-corrected chi connectivity index (χ4v) is 5.62. The van der Waals surface area contributed by atoms with Gasteiger partial charge in [-0.25, -0.2) is 4.79 Å². The number of carbonyl (C=O) groups is 1. The van der Waals surface area contributed by atoms with Crippen LogP contribution in [0.3, 0.4) is 0 Å². The number of likely N-dealkylation sites (tertiary alicyclic amines) is 1. The van der Waals surface area contributed by atoms with E-state index in [0.29, 0.717) is 19.0 Å². The summed E-state index contributed by atoms with van der Waals surface area (Å²) < 4.78 is 5.78. The number of piperidine rings is 1. The SMILES string of the molecule is O=C(NCC1CCN(Cc2cccs2)CC1)N(Cc1cccs1)CC1CCCO1. The molecule has 0 radical (unpaired) electrons. The van der Waals surface area contributed by atoms with Crippen LogP contribution in [0, 0.1) is 5.92 Å². The number of rotatable bonds is 8. The molecule has 0 bridgehead atoms. The zero-order valence-corrected chi connectivity index (χ0v) is 18.6. The molecule has 2 aliphatic rings. The van der Waals surface area contributed by atoms with Crippen molar-refractivity contribution in [1.82, 2.24) is 15.1 Å². The maximum atomic E-state index is 12.9. The lowest BCUT2D eigenvalue weighted by atomic mass is 9.97. The van der Waals surface area contributed by atoms with E-state index in [1.807, 2.05) is 22.3 Å². The molecule has 2 aliphatic heterocycles. The van der Waals surface area contributed by atoms with Gasteiger partial charge in [0.25, 0.3) is 0 Å². The van der Waals surface area contributed by atoms with E-state index in [1.165, 1.54) is 9.75 Å². The first-order valence-electron chi connectivity index (χ1n) is 10.7. The first kappa shape index (κ1) is 20.8. The van der Waals surface area contributed by atoms with Crippen molar-refractivity contribution in [2.24, 2.45) is 5.92 Å². The number of carbonyl (C=O) groups excluding carboxylic acids is 1. The van der Waals surface area contributed by atoms with E-state index in [2.05, 4.69) is 39.2 Å². The summed E-state index contributed by atoms with van der Waals surface area (Å²) in [7, 11) is 0. The van der Waals surface area contributed by atoms with Crippen molar-refractivity contribution >= 4 is 28.7 Å². The van der Waals surface area contributed by atoms with Crippen LogP contribution in [-0.4, -0.2) is 54.7 Å². The second-order valence-electron chi connectivity index (χ2n) is 8.08. The molecule has 0 aliphatic carbocycles. The van der Waals surface area contributed by atoms with Gasteiger partial charge in [0.05, 0.1) is 12.6 Å². The predicted molar refractivity (Wildman–Crippen MR) is 119 cm³/mol. The van der Waals surface area contributed by atoms with E-state index in [-0.39, 0.29) is 12.1 Å². The Hall–Kier alpha value is -1.41. The van der Waals surface area contributed by atoms with Gasteiger partial charge in [-0.1, -0.05) is 12.1 Å². The number of hydrogen-bond donors (Lipinski definition) is 1. The van der Waals surface area contributed by atoms with Crippen molar-refractivity contribution in [2.75, 3.05) is 32.8 Å². The van der Waals surface area contributed by atoms with E-state index < -0.39 is 0 Å². The van der Waals surface area contributed by atoms with Gasteiger partial charge in [-0.05, 0) is 67.6 Å². The summed E-state index contributed by atoms with van der Waals surface area (Å²) in [5.41, 5.74) is 0. The van der Waals surface area contributed by atoms with Gasteiger partial charge in [0, 0.05) is 36.0 Å². The van der Waals surface area contributed by atoms with Crippen molar-refractivity contribution in [3.63, 3.8) is 0 Å². The predicted octanol–water partition coefficient (Wildman–Crippen LogP) is 4.41. The topological polar surface area (TPSA) is 44.8 Å². The molecule has 0 saturated carbocycles. The Labute approximate surface area is 181 Å². The summed E-state index contributed by atoms with van der Waals surface area (Å²) in [5.74, 6) is 0.574. The molecule has 2 amide bonds. The number of nitrogens with zero attached hydrogens (tertiary/aromatic N) is 2. The Kier molecular flexibility index (Phi) is 7.60. The summed E-state index contributed by atoms with van der Waals surface area (Å²) in [4.78, 5) is 20.1. The highest BCUT2D eigenvalue weighted by molar-refractivity contribution is 7.10. The normalized spacial score (nSPS) is 20.8. The summed E-state index contributed by atoms with van der Waals surface area (Å²) in [5, 5.41) is 7.44. The van der Waals surface area contributed by atoms with E-state index >= 15 is 0 Å². The standard InChI is InChI=1S/C22H31N3O2S2/c26-22(25(15-19-4-1-11-27-19)17-21-6-3-13-29-21)23-14-18-7-9-24(10-8-18)16-20-5-2-12-28-20/h2-3,5-6,12-13,18-19H,1,4,7-11,14-17H2,(H,23,26). The number of hydrogen-bond acceptors (Lipinski definition) is 5. The minimum absolute atomic E-state index is 0.0508. The van der Waals surface area contributed by atoms with Crippen LogP contribution < -0.4 is 5.32 Å².